The van der Waals surface area contributed by atoms with E-state index in [2.05, 4.69) is 10.2 Å². The third-order valence-corrected chi connectivity index (χ3v) is 5.78. The van der Waals surface area contributed by atoms with E-state index in [4.69, 9.17) is 9.47 Å². The fourth-order valence-electron chi connectivity index (χ4n) is 3.18. The van der Waals surface area contributed by atoms with Crippen molar-refractivity contribution in [2.24, 2.45) is 0 Å². The minimum Gasteiger partial charge on any atom is -0.497 e. The number of benzene rings is 1. The van der Waals surface area contributed by atoms with Crippen LogP contribution < -0.4 is 14.8 Å². The number of nitrogens with zero attached hydrogens (tertiary/aromatic N) is 2. The van der Waals surface area contributed by atoms with Gasteiger partial charge >= 0.3 is 0 Å². The second-order valence-electron chi connectivity index (χ2n) is 6.54. The van der Waals surface area contributed by atoms with E-state index < -0.39 is 0 Å². The Morgan fingerprint density at radius 1 is 1.11 bits per heavy atom. The first-order valence-electron chi connectivity index (χ1n) is 9.13. The van der Waals surface area contributed by atoms with E-state index >= 15 is 0 Å². The summed E-state index contributed by atoms with van der Waals surface area (Å²) in [6, 6.07) is 8.68. The third-order valence-electron chi connectivity index (χ3n) is 4.93. The molecular weight excluding hydrogens is 378 g/mol. The van der Waals surface area contributed by atoms with Gasteiger partial charge in [0.2, 0.25) is 5.91 Å². The van der Waals surface area contributed by atoms with E-state index in [0.717, 1.165) is 4.88 Å². The zero-order valence-corrected chi connectivity index (χ0v) is 17.1. The predicted molar refractivity (Wildman–Crippen MR) is 109 cm³/mol. The van der Waals surface area contributed by atoms with Crippen molar-refractivity contribution in [1.82, 2.24) is 9.80 Å². The molecule has 1 atom stereocenters. The Labute approximate surface area is 168 Å². The Morgan fingerprint density at radius 3 is 2.46 bits per heavy atom. The van der Waals surface area contributed by atoms with Gasteiger partial charge in [-0.05, 0) is 30.5 Å². The highest BCUT2D eigenvalue weighted by molar-refractivity contribution is 7.12. The molecule has 1 N–H and O–H groups in total. The van der Waals surface area contributed by atoms with Gasteiger partial charge in [-0.3, -0.25) is 14.5 Å². The maximum absolute atomic E-state index is 12.8. The van der Waals surface area contributed by atoms with Crippen molar-refractivity contribution in [2.75, 3.05) is 45.7 Å². The van der Waals surface area contributed by atoms with Crippen LogP contribution in [0.15, 0.2) is 35.7 Å². The average molecular weight is 404 g/mol. The Morgan fingerprint density at radius 2 is 1.86 bits per heavy atom. The molecule has 28 heavy (non-hydrogen) atoms. The number of ether oxygens (including phenoxy) is 2. The van der Waals surface area contributed by atoms with Crippen molar-refractivity contribution in [3.8, 4) is 11.5 Å². The highest BCUT2D eigenvalue weighted by Gasteiger charge is 2.28. The Kier molecular flexibility index (Phi) is 6.53. The summed E-state index contributed by atoms with van der Waals surface area (Å²) in [6.07, 6.45) is 0. The molecule has 2 aromatic rings. The van der Waals surface area contributed by atoms with Crippen molar-refractivity contribution < 1.29 is 19.1 Å². The number of methoxy groups -OCH3 is 2. The lowest BCUT2D eigenvalue weighted by Gasteiger charge is -2.37. The van der Waals surface area contributed by atoms with E-state index in [1.165, 1.54) is 11.3 Å². The molecule has 8 heteroatoms. The lowest BCUT2D eigenvalue weighted by Crippen LogP contribution is -2.53. The molecule has 1 aliphatic heterocycles. The van der Waals surface area contributed by atoms with Crippen LogP contribution in [0.25, 0.3) is 0 Å². The number of carbonyl (C=O) groups is 2. The second-order valence-corrected chi connectivity index (χ2v) is 7.48. The van der Waals surface area contributed by atoms with E-state index in [9.17, 15) is 9.59 Å². The van der Waals surface area contributed by atoms with E-state index in [-0.39, 0.29) is 17.9 Å². The first-order valence-corrected chi connectivity index (χ1v) is 10.0. The summed E-state index contributed by atoms with van der Waals surface area (Å²) >= 11 is 1.45. The van der Waals surface area contributed by atoms with Crippen LogP contribution in [-0.2, 0) is 4.79 Å². The number of nitrogens with one attached hydrogen (secondary N) is 1. The van der Waals surface area contributed by atoms with Crippen LogP contribution in [-0.4, -0.2) is 68.1 Å². The number of carbonyl (C=O) groups excluding carboxylic acids is 2. The molecule has 150 valence electrons. The van der Waals surface area contributed by atoms with Gasteiger partial charge in [-0.1, -0.05) is 6.07 Å². The van der Waals surface area contributed by atoms with E-state index in [1.54, 1.807) is 32.4 Å². The van der Waals surface area contributed by atoms with Gasteiger partial charge in [0, 0.05) is 32.2 Å². The molecule has 0 aliphatic carbocycles. The van der Waals surface area contributed by atoms with Gasteiger partial charge in [0.05, 0.1) is 30.8 Å². The summed E-state index contributed by atoms with van der Waals surface area (Å²) in [5, 5.41) is 4.83. The Hall–Kier alpha value is -2.58. The molecule has 1 aromatic carbocycles. The normalized spacial score (nSPS) is 15.8. The summed E-state index contributed by atoms with van der Waals surface area (Å²) in [4.78, 5) is 29.9. The molecular formula is C20H25N3O4S. The molecule has 1 fully saturated rings. The van der Waals surface area contributed by atoms with Gasteiger partial charge < -0.3 is 19.7 Å². The number of hydrogen-bond acceptors (Lipinski definition) is 6. The lowest BCUT2D eigenvalue weighted by molar-refractivity contribution is -0.121. The molecule has 0 spiro atoms. The molecule has 0 bridgehead atoms. The molecule has 0 unspecified atom stereocenters. The highest BCUT2D eigenvalue weighted by Crippen LogP contribution is 2.29. The summed E-state index contributed by atoms with van der Waals surface area (Å²) in [6.45, 7) is 4.40. The van der Waals surface area contributed by atoms with E-state index in [0.29, 0.717) is 43.4 Å². The van der Waals surface area contributed by atoms with Crippen molar-refractivity contribution in [2.45, 2.75) is 13.0 Å². The monoisotopic (exact) mass is 403 g/mol. The topological polar surface area (TPSA) is 71.1 Å². The fourth-order valence-corrected chi connectivity index (χ4v) is 3.87. The molecule has 2 amide bonds. The van der Waals surface area contributed by atoms with Gasteiger partial charge in [0.1, 0.15) is 11.5 Å². The molecule has 2 heterocycles. The largest absolute Gasteiger partial charge is 0.497 e. The van der Waals surface area contributed by atoms with Gasteiger partial charge in [-0.25, -0.2) is 0 Å². The second kappa shape index (κ2) is 9.07. The molecule has 7 nitrogen and oxygen atoms in total. The van der Waals surface area contributed by atoms with Crippen molar-refractivity contribution in [3.05, 3.63) is 40.6 Å². The van der Waals surface area contributed by atoms with Crippen molar-refractivity contribution in [1.29, 1.82) is 0 Å². The third kappa shape index (κ3) is 4.45. The molecule has 1 saturated heterocycles. The van der Waals surface area contributed by atoms with Gasteiger partial charge in [0.15, 0.2) is 0 Å². The number of rotatable bonds is 6. The maximum atomic E-state index is 12.8. The van der Waals surface area contributed by atoms with Gasteiger partial charge in [-0.15, -0.1) is 11.3 Å². The quantitative estimate of drug-likeness (QED) is 0.803. The van der Waals surface area contributed by atoms with Crippen LogP contribution in [0.2, 0.25) is 0 Å². The molecule has 3 rings (SSSR count). The Balaban J connectivity index is 1.58. The van der Waals surface area contributed by atoms with Crippen molar-refractivity contribution >= 4 is 28.8 Å². The predicted octanol–water partition coefficient (Wildman–Crippen LogP) is 2.55. The summed E-state index contributed by atoms with van der Waals surface area (Å²) in [5.41, 5.74) is 0.574. The SMILES string of the molecule is COc1ccc(OC)c(NC(=O)[C@@H](C)N2CCN(C(=O)c3cccs3)CC2)c1. The molecule has 0 radical (unpaired) electrons. The summed E-state index contributed by atoms with van der Waals surface area (Å²) in [5.74, 6) is 1.16. The number of thiophene rings is 1. The van der Waals surface area contributed by atoms with E-state index in [1.807, 2.05) is 29.3 Å². The number of piperazine rings is 1. The van der Waals surface area contributed by atoms with Gasteiger partial charge in [0.25, 0.3) is 5.91 Å². The number of amides is 2. The van der Waals surface area contributed by atoms with Crippen LogP contribution in [0, 0.1) is 0 Å². The highest BCUT2D eigenvalue weighted by atomic mass is 32.1. The first-order chi connectivity index (χ1) is 13.5. The van der Waals surface area contributed by atoms with Crippen LogP contribution in [0.5, 0.6) is 11.5 Å². The summed E-state index contributed by atoms with van der Waals surface area (Å²) in [7, 11) is 3.14. The zero-order valence-electron chi connectivity index (χ0n) is 16.3. The molecule has 1 aromatic heterocycles. The minimum absolute atomic E-state index is 0.0628. The lowest BCUT2D eigenvalue weighted by atomic mass is 10.2. The van der Waals surface area contributed by atoms with Crippen LogP contribution in [0.3, 0.4) is 0 Å². The summed E-state index contributed by atoms with van der Waals surface area (Å²) < 4.78 is 10.5. The average Bonchev–Trinajstić information content (AvgIpc) is 3.27. The van der Waals surface area contributed by atoms with Crippen LogP contribution in [0.4, 0.5) is 5.69 Å². The minimum atomic E-state index is -0.324. The maximum Gasteiger partial charge on any atom is 0.264 e. The molecule has 1 aliphatic rings. The molecule has 0 saturated carbocycles. The fraction of sp³-hybridized carbons (Fsp3) is 0.400. The smallest absolute Gasteiger partial charge is 0.264 e. The van der Waals surface area contributed by atoms with Crippen LogP contribution in [0.1, 0.15) is 16.6 Å². The van der Waals surface area contributed by atoms with Crippen LogP contribution >= 0.6 is 11.3 Å². The standard InChI is InChI=1S/C20H25N3O4S/c1-14(19(24)21-16-13-15(26-2)6-7-17(16)27-3)22-8-10-23(11-9-22)20(25)18-5-4-12-28-18/h4-7,12-14H,8-11H2,1-3H3,(H,21,24)/t14-/m1/s1. The Bertz CT molecular complexity index is 817. The zero-order chi connectivity index (χ0) is 20.1. The first kappa shape index (κ1) is 20.2. The van der Waals surface area contributed by atoms with Crippen molar-refractivity contribution in [3.63, 3.8) is 0 Å². The van der Waals surface area contributed by atoms with Gasteiger partial charge in [-0.2, -0.15) is 0 Å². The number of anilines is 1. The number of hydrogen-bond donors (Lipinski definition) is 1.